The summed E-state index contributed by atoms with van der Waals surface area (Å²) >= 11 is 0. The van der Waals surface area contributed by atoms with Crippen LogP contribution in [0.1, 0.15) is 11.3 Å². The Kier molecular flexibility index (Phi) is 2.42. The van der Waals surface area contributed by atoms with Crippen LogP contribution in [0.15, 0.2) is 47.3 Å². The van der Waals surface area contributed by atoms with Crippen molar-refractivity contribution in [1.82, 2.24) is 9.55 Å². The molecule has 0 fully saturated rings. The van der Waals surface area contributed by atoms with Gasteiger partial charge in [-0.1, -0.05) is 12.1 Å². The number of furan rings is 1. The van der Waals surface area contributed by atoms with E-state index in [4.69, 9.17) is 10.2 Å². The van der Waals surface area contributed by atoms with Gasteiger partial charge in [0.25, 0.3) is 0 Å². The van der Waals surface area contributed by atoms with Gasteiger partial charge in [-0.2, -0.15) is 0 Å². The maximum absolute atomic E-state index is 5.55. The largest absolute Gasteiger partial charge is 0.467 e. The highest BCUT2D eigenvalue weighted by Crippen LogP contribution is 2.15. The zero-order chi connectivity index (χ0) is 11.7. The van der Waals surface area contributed by atoms with Crippen molar-refractivity contribution in [3.05, 3.63) is 54.2 Å². The van der Waals surface area contributed by atoms with Crippen molar-refractivity contribution in [2.75, 3.05) is 0 Å². The van der Waals surface area contributed by atoms with Crippen LogP contribution in [0.25, 0.3) is 11.0 Å². The van der Waals surface area contributed by atoms with Crippen molar-refractivity contribution in [1.29, 1.82) is 0 Å². The summed E-state index contributed by atoms with van der Waals surface area (Å²) in [7, 11) is 0. The lowest BCUT2D eigenvalue weighted by molar-refractivity contribution is 0.494. The average molecular weight is 227 g/mol. The van der Waals surface area contributed by atoms with Crippen LogP contribution < -0.4 is 5.73 Å². The van der Waals surface area contributed by atoms with E-state index in [1.165, 1.54) is 0 Å². The molecule has 0 saturated heterocycles. The molecule has 0 aliphatic carbocycles. The van der Waals surface area contributed by atoms with Crippen molar-refractivity contribution in [2.45, 2.75) is 13.1 Å². The fourth-order valence-electron chi connectivity index (χ4n) is 1.92. The first-order valence-electron chi connectivity index (χ1n) is 5.53. The predicted octanol–water partition coefficient (Wildman–Crippen LogP) is 2.14. The van der Waals surface area contributed by atoms with E-state index in [9.17, 15) is 0 Å². The van der Waals surface area contributed by atoms with E-state index in [-0.39, 0.29) is 0 Å². The summed E-state index contributed by atoms with van der Waals surface area (Å²) in [6.45, 7) is 1.19. The molecule has 0 spiro atoms. The normalized spacial score (nSPS) is 11.1. The molecule has 1 aromatic carbocycles. The summed E-state index contributed by atoms with van der Waals surface area (Å²) in [5.74, 6) is 0.897. The Morgan fingerprint density at radius 3 is 3.00 bits per heavy atom. The number of fused-ring (bicyclic) bond motifs is 1. The van der Waals surface area contributed by atoms with Gasteiger partial charge in [-0.15, -0.1) is 0 Å². The van der Waals surface area contributed by atoms with E-state index in [1.54, 1.807) is 6.26 Å². The number of nitrogens with two attached hydrogens (primary N) is 1. The number of imidazole rings is 1. The van der Waals surface area contributed by atoms with Crippen LogP contribution in [0.4, 0.5) is 0 Å². The molecule has 4 nitrogen and oxygen atoms in total. The Bertz CT molecular complexity index is 639. The molecule has 2 heterocycles. The quantitative estimate of drug-likeness (QED) is 0.745. The van der Waals surface area contributed by atoms with Crippen LogP contribution in [-0.4, -0.2) is 9.55 Å². The Morgan fingerprint density at radius 2 is 2.18 bits per heavy atom. The minimum Gasteiger partial charge on any atom is -0.467 e. The summed E-state index contributed by atoms with van der Waals surface area (Å²) in [5.41, 5.74) is 8.67. The van der Waals surface area contributed by atoms with Gasteiger partial charge in [0, 0.05) is 12.1 Å². The van der Waals surface area contributed by atoms with E-state index in [0.717, 1.165) is 22.4 Å². The van der Waals surface area contributed by atoms with Crippen molar-refractivity contribution in [3.63, 3.8) is 0 Å². The van der Waals surface area contributed by atoms with E-state index < -0.39 is 0 Å². The molecule has 0 amide bonds. The molecule has 2 aromatic heterocycles. The van der Waals surface area contributed by atoms with Crippen LogP contribution in [0.5, 0.6) is 0 Å². The highest BCUT2D eigenvalue weighted by atomic mass is 16.3. The highest BCUT2D eigenvalue weighted by Gasteiger charge is 2.05. The van der Waals surface area contributed by atoms with Crippen molar-refractivity contribution < 1.29 is 4.42 Å². The van der Waals surface area contributed by atoms with Gasteiger partial charge in [-0.25, -0.2) is 4.98 Å². The van der Waals surface area contributed by atoms with Gasteiger partial charge >= 0.3 is 0 Å². The first kappa shape index (κ1) is 10.1. The van der Waals surface area contributed by atoms with Gasteiger partial charge < -0.3 is 14.7 Å². The maximum atomic E-state index is 5.55. The highest BCUT2D eigenvalue weighted by molar-refractivity contribution is 5.74. The number of benzene rings is 1. The summed E-state index contributed by atoms with van der Waals surface area (Å²) in [4.78, 5) is 4.34. The average Bonchev–Trinajstić information content (AvgIpc) is 2.97. The van der Waals surface area contributed by atoms with Gasteiger partial charge in [0.05, 0.1) is 30.2 Å². The monoisotopic (exact) mass is 227 g/mol. The van der Waals surface area contributed by atoms with E-state index in [1.807, 2.05) is 30.6 Å². The molecule has 0 aliphatic rings. The Morgan fingerprint density at radius 1 is 1.29 bits per heavy atom. The van der Waals surface area contributed by atoms with Crippen LogP contribution in [0, 0.1) is 0 Å². The number of nitrogens with zero attached hydrogens (tertiary/aromatic N) is 2. The van der Waals surface area contributed by atoms with E-state index in [2.05, 4.69) is 15.6 Å². The smallest absolute Gasteiger partial charge is 0.123 e. The molecule has 0 unspecified atom stereocenters. The van der Waals surface area contributed by atoms with Crippen LogP contribution >= 0.6 is 0 Å². The lowest BCUT2D eigenvalue weighted by Crippen LogP contribution is -1.97. The van der Waals surface area contributed by atoms with E-state index >= 15 is 0 Å². The van der Waals surface area contributed by atoms with Gasteiger partial charge in [0.15, 0.2) is 0 Å². The van der Waals surface area contributed by atoms with Crippen LogP contribution in [-0.2, 0) is 13.1 Å². The molecule has 17 heavy (non-hydrogen) atoms. The molecule has 3 rings (SSSR count). The van der Waals surface area contributed by atoms with Crippen LogP contribution in [0.3, 0.4) is 0 Å². The number of rotatable bonds is 3. The molecule has 0 radical (unpaired) electrons. The molecule has 4 heteroatoms. The summed E-state index contributed by atoms with van der Waals surface area (Å²) in [5, 5.41) is 0. The molecule has 0 atom stereocenters. The zero-order valence-electron chi connectivity index (χ0n) is 9.34. The van der Waals surface area contributed by atoms with E-state index in [0.29, 0.717) is 13.1 Å². The molecule has 2 N–H and O–H groups in total. The number of para-hydroxylation sites is 2. The maximum Gasteiger partial charge on any atom is 0.123 e. The van der Waals surface area contributed by atoms with Gasteiger partial charge in [-0.3, -0.25) is 0 Å². The summed E-state index contributed by atoms with van der Waals surface area (Å²) in [6, 6.07) is 10.0. The number of aromatic nitrogens is 2. The molecule has 0 saturated carbocycles. The molecule has 0 bridgehead atoms. The fraction of sp³-hybridized carbons (Fsp3) is 0.154. The van der Waals surface area contributed by atoms with Gasteiger partial charge in [0.1, 0.15) is 5.76 Å². The fourth-order valence-corrected chi connectivity index (χ4v) is 1.92. The Hall–Kier alpha value is -2.07. The molecular weight excluding hydrogens is 214 g/mol. The lowest BCUT2D eigenvalue weighted by atomic mass is 10.3. The second kappa shape index (κ2) is 4.07. The Labute approximate surface area is 98.7 Å². The second-order valence-corrected chi connectivity index (χ2v) is 3.99. The molecule has 86 valence electrons. The zero-order valence-corrected chi connectivity index (χ0v) is 9.34. The first-order chi connectivity index (χ1) is 8.36. The molecule has 0 aliphatic heterocycles. The minimum atomic E-state index is 0.508. The third-order valence-corrected chi connectivity index (χ3v) is 2.80. The lowest BCUT2D eigenvalue weighted by Gasteiger charge is -2.00. The summed E-state index contributed by atoms with van der Waals surface area (Å²) in [6.07, 6.45) is 3.53. The van der Waals surface area contributed by atoms with Crippen molar-refractivity contribution >= 4 is 11.0 Å². The van der Waals surface area contributed by atoms with Crippen LogP contribution in [0.2, 0.25) is 0 Å². The van der Waals surface area contributed by atoms with Crippen molar-refractivity contribution in [2.24, 2.45) is 5.73 Å². The first-order valence-corrected chi connectivity index (χ1v) is 5.53. The predicted molar refractivity (Wildman–Crippen MR) is 65.4 cm³/mol. The minimum absolute atomic E-state index is 0.508. The second-order valence-electron chi connectivity index (χ2n) is 3.99. The third-order valence-electron chi connectivity index (χ3n) is 2.80. The SMILES string of the molecule is NCc1coc(Cn2cnc3ccccc32)c1. The topological polar surface area (TPSA) is 57.0 Å². The van der Waals surface area contributed by atoms with Crippen molar-refractivity contribution in [3.8, 4) is 0 Å². The Balaban J connectivity index is 1.94. The van der Waals surface area contributed by atoms with Gasteiger partial charge in [-0.05, 0) is 18.2 Å². The van der Waals surface area contributed by atoms with Gasteiger partial charge in [0.2, 0.25) is 0 Å². The summed E-state index contributed by atoms with van der Waals surface area (Å²) < 4.78 is 7.51. The molecular formula is C13H13N3O. The third kappa shape index (κ3) is 1.83. The standard InChI is InChI=1S/C13H13N3O/c14-6-10-5-11(17-8-10)7-16-9-15-12-3-1-2-4-13(12)16/h1-5,8-9H,6-7,14H2. The number of hydrogen-bond acceptors (Lipinski definition) is 3. The number of hydrogen-bond donors (Lipinski definition) is 1. The molecule has 3 aromatic rings.